The highest BCUT2D eigenvalue weighted by atomic mass is 35.5. The number of carbonyl (C=O) groups excluding carboxylic acids is 1. The lowest BCUT2D eigenvalue weighted by Gasteiger charge is -2.09. The van der Waals surface area contributed by atoms with Crippen LogP contribution in [0, 0.1) is 12.7 Å². The number of aromatic nitrogens is 1. The molecular weight excluding hydrogens is 341 g/mol. The lowest BCUT2D eigenvalue weighted by atomic mass is 10.2. The Morgan fingerprint density at radius 1 is 1.00 bits per heavy atom. The van der Waals surface area contributed by atoms with Gasteiger partial charge in [0, 0.05) is 23.3 Å². The number of halogens is 2. The zero-order chi connectivity index (χ0) is 17.8. The second kappa shape index (κ2) is 7.32. The molecule has 3 aromatic rings. The molecule has 2 N–H and O–H groups in total. The van der Waals surface area contributed by atoms with Gasteiger partial charge in [-0.2, -0.15) is 0 Å². The van der Waals surface area contributed by atoms with Crippen molar-refractivity contribution in [3.63, 3.8) is 0 Å². The molecule has 1 heterocycles. The van der Waals surface area contributed by atoms with Gasteiger partial charge in [-0.05, 0) is 49.4 Å². The first-order valence-corrected chi connectivity index (χ1v) is 7.95. The molecule has 6 heteroatoms. The van der Waals surface area contributed by atoms with Crippen LogP contribution < -0.4 is 10.6 Å². The van der Waals surface area contributed by atoms with Gasteiger partial charge in [0.2, 0.25) is 0 Å². The second-order valence-corrected chi connectivity index (χ2v) is 5.91. The summed E-state index contributed by atoms with van der Waals surface area (Å²) in [5.41, 5.74) is 3.44. The van der Waals surface area contributed by atoms with E-state index in [2.05, 4.69) is 15.6 Å². The number of carbonyl (C=O) groups is 1. The number of rotatable bonds is 4. The van der Waals surface area contributed by atoms with Crippen LogP contribution in [0.4, 0.5) is 21.5 Å². The van der Waals surface area contributed by atoms with E-state index in [0.29, 0.717) is 5.69 Å². The average Bonchev–Trinajstić information content (AvgIpc) is 2.60. The first-order chi connectivity index (χ1) is 12.0. The van der Waals surface area contributed by atoms with Crippen molar-refractivity contribution in [3.05, 3.63) is 82.9 Å². The maximum atomic E-state index is 13.2. The van der Waals surface area contributed by atoms with E-state index in [9.17, 15) is 9.18 Å². The number of pyridine rings is 1. The minimum atomic E-state index is -0.540. The summed E-state index contributed by atoms with van der Waals surface area (Å²) in [6.45, 7) is 2.01. The van der Waals surface area contributed by atoms with Crippen LogP contribution >= 0.6 is 11.6 Å². The van der Waals surface area contributed by atoms with E-state index in [-0.39, 0.29) is 10.7 Å². The van der Waals surface area contributed by atoms with E-state index in [1.807, 2.05) is 31.2 Å². The number of hydrogen-bond acceptors (Lipinski definition) is 3. The summed E-state index contributed by atoms with van der Waals surface area (Å²) in [4.78, 5) is 16.4. The van der Waals surface area contributed by atoms with Gasteiger partial charge in [-0.1, -0.05) is 29.3 Å². The molecule has 3 rings (SSSR count). The molecule has 0 atom stereocenters. The van der Waals surface area contributed by atoms with Gasteiger partial charge in [0.15, 0.2) is 0 Å². The zero-order valence-corrected chi connectivity index (χ0v) is 14.1. The summed E-state index contributed by atoms with van der Waals surface area (Å²) in [7, 11) is 0. The smallest absolute Gasteiger partial charge is 0.274 e. The van der Waals surface area contributed by atoms with Gasteiger partial charge in [-0.3, -0.25) is 9.78 Å². The fourth-order valence-corrected chi connectivity index (χ4v) is 2.39. The second-order valence-electron chi connectivity index (χ2n) is 5.50. The van der Waals surface area contributed by atoms with Crippen LogP contribution in [0.25, 0.3) is 0 Å². The Hall–Kier alpha value is -2.92. The Balaban J connectivity index is 1.74. The molecule has 4 nitrogen and oxygen atoms in total. The minimum Gasteiger partial charge on any atom is -0.355 e. The van der Waals surface area contributed by atoms with E-state index in [1.54, 1.807) is 18.3 Å². The van der Waals surface area contributed by atoms with Gasteiger partial charge in [-0.25, -0.2) is 4.39 Å². The SMILES string of the molecule is Cc1ccc(Nc2ccnc(C(=O)Nc3ccc(F)c(Cl)c3)c2)cc1. The zero-order valence-electron chi connectivity index (χ0n) is 13.4. The van der Waals surface area contributed by atoms with Gasteiger partial charge in [0.25, 0.3) is 5.91 Å². The molecule has 0 bridgehead atoms. The standard InChI is InChI=1S/C19H15ClFN3O/c1-12-2-4-13(5-3-12)23-15-8-9-22-18(11-15)19(25)24-14-6-7-17(21)16(20)10-14/h2-11H,1H3,(H,22,23)(H,24,25). The van der Waals surface area contributed by atoms with Crippen LogP contribution in [-0.2, 0) is 0 Å². The van der Waals surface area contributed by atoms with Crippen molar-refractivity contribution < 1.29 is 9.18 Å². The third kappa shape index (κ3) is 4.33. The minimum absolute atomic E-state index is 0.0550. The Labute approximate surface area is 149 Å². The number of nitrogens with one attached hydrogen (secondary N) is 2. The predicted octanol–water partition coefficient (Wildman–Crippen LogP) is 5.18. The summed E-state index contributed by atoms with van der Waals surface area (Å²) in [6.07, 6.45) is 1.54. The number of aryl methyl sites for hydroxylation is 1. The predicted molar refractivity (Wildman–Crippen MR) is 98.1 cm³/mol. The summed E-state index contributed by atoms with van der Waals surface area (Å²) >= 11 is 5.72. The molecule has 1 amide bonds. The van der Waals surface area contributed by atoms with Crippen molar-refractivity contribution in [2.75, 3.05) is 10.6 Å². The van der Waals surface area contributed by atoms with Crippen molar-refractivity contribution in [1.82, 2.24) is 4.98 Å². The fraction of sp³-hybridized carbons (Fsp3) is 0.0526. The molecule has 1 aromatic heterocycles. The van der Waals surface area contributed by atoms with E-state index in [4.69, 9.17) is 11.6 Å². The largest absolute Gasteiger partial charge is 0.355 e. The van der Waals surface area contributed by atoms with Crippen LogP contribution in [-0.4, -0.2) is 10.9 Å². The Bertz CT molecular complexity index is 913. The summed E-state index contributed by atoms with van der Waals surface area (Å²) in [5.74, 6) is -0.947. The van der Waals surface area contributed by atoms with E-state index in [1.165, 1.54) is 23.8 Å². The van der Waals surface area contributed by atoms with Crippen LogP contribution in [0.2, 0.25) is 5.02 Å². The lowest BCUT2D eigenvalue weighted by Crippen LogP contribution is -2.13. The van der Waals surface area contributed by atoms with E-state index >= 15 is 0 Å². The van der Waals surface area contributed by atoms with Crippen LogP contribution in [0.15, 0.2) is 60.8 Å². The van der Waals surface area contributed by atoms with Crippen LogP contribution in [0.3, 0.4) is 0 Å². The Kier molecular flexibility index (Phi) is 4.95. The Morgan fingerprint density at radius 3 is 2.44 bits per heavy atom. The number of benzene rings is 2. The van der Waals surface area contributed by atoms with Gasteiger partial charge < -0.3 is 10.6 Å². The van der Waals surface area contributed by atoms with Gasteiger partial charge in [0.05, 0.1) is 5.02 Å². The highest BCUT2D eigenvalue weighted by molar-refractivity contribution is 6.31. The number of hydrogen-bond donors (Lipinski definition) is 2. The third-order valence-corrected chi connectivity index (χ3v) is 3.80. The number of nitrogens with zero attached hydrogens (tertiary/aromatic N) is 1. The summed E-state index contributed by atoms with van der Waals surface area (Å²) in [5, 5.41) is 5.81. The molecule has 0 saturated carbocycles. The summed E-state index contributed by atoms with van der Waals surface area (Å²) in [6, 6.07) is 15.3. The normalized spacial score (nSPS) is 10.4. The highest BCUT2D eigenvalue weighted by Gasteiger charge is 2.10. The molecule has 0 radical (unpaired) electrons. The van der Waals surface area contributed by atoms with Crippen molar-refractivity contribution >= 4 is 34.6 Å². The van der Waals surface area contributed by atoms with Crippen molar-refractivity contribution in [3.8, 4) is 0 Å². The van der Waals surface area contributed by atoms with Crippen LogP contribution in [0.1, 0.15) is 16.1 Å². The van der Waals surface area contributed by atoms with Gasteiger partial charge in [-0.15, -0.1) is 0 Å². The lowest BCUT2D eigenvalue weighted by molar-refractivity contribution is 0.102. The molecule has 0 unspecified atom stereocenters. The molecule has 0 spiro atoms. The molecule has 0 fully saturated rings. The summed E-state index contributed by atoms with van der Waals surface area (Å²) < 4.78 is 13.2. The topological polar surface area (TPSA) is 54.0 Å². The molecule has 0 aliphatic rings. The molecule has 0 aliphatic carbocycles. The van der Waals surface area contributed by atoms with Crippen molar-refractivity contribution in [2.45, 2.75) is 6.92 Å². The number of anilines is 3. The maximum Gasteiger partial charge on any atom is 0.274 e. The average molecular weight is 356 g/mol. The van der Waals surface area contributed by atoms with Crippen molar-refractivity contribution in [1.29, 1.82) is 0 Å². The Morgan fingerprint density at radius 2 is 1.72 bits per heavy atom. The van der Waals surface area contributed by atoms with E-state index < -0.39 is 11.7 Å². The number of amides is 1. The quantitative estimate of drug-likeness (QED) is 0.678. The van der Waals surface area contributed by atoms with Crippen LogP contribution in [0.5, 0.6) is 0 Å². The fourth-order valence-electron chi connectivity index (χ4n) is 2.21. The monoisotopic (exact) mass is 355 g/mol. The molecular formula is C19H15ClFN3O. The first-order valence-electron chi connectivity index (χ1n) is 7.57. The molecule has 2 aromatic carbocycles. The molecule has 0 saturated heterocycles. The highest BCUT2D eigenvalue weighted by Crippen LogP contribution is 2.21. The van der Waals surface area contributed by atoms with Gasteiger partial charge >= 0.3 is 0 Å². The molecule has 0 aliphatic heterocycles. The third-order valence-electron chi connectivity index (χ3n) is 3.51. The maximum absolute atomic E-state index is 13.2. The van der Waals surface area contributed by atoms with Gasteiger partial charge in [0.1, 0.15) is 11.5 Å². The molecule has 25 heavy (non-hydrogen) atoms. The molecule has 126 valence electrons. The van der Waals surface area contributed by atoms with E-state index in [0.717, 1.165) is 11.4 Å². The first kappa shape index (κ1) is 16.9. The van der Waals surface area contributed by atoms with Crippen molar-refractivity contribution in [2.24, 2.45) is 0 Å².